The van der Waals surface area contributed by atoms with Crippen LogP contribution in [0, 0.1) is 0 Å². The number of urea groups is 1. The lowest BCUT2D eigenvalue weighted by Gasteiger charge is -2.16. The number of nitrogens with one attached hydrogen (secondary N) is 4. The summed E-state index contributed by atoms with van der Waals surface area (Å²) in [5, 5.41) is 12.3. The molecule has 0 bridgehead atoms. The number of fused-ring (bicyclic) bond motifs is 1. The fourth-order valence-electron chi connectivity index (χ4n) is 4.77. The second-order valence-corrected chi connectivity index (χ2v) is 11.9. The summed E-state index contributed by atoms with van der Waals surface area (Å²) >= 11 is 1.89. The standard InChI is InChI=1S/C28H45N5O11S/c34-22(6-2-1-5-21-27-20(19-45-21)31-28(39)32-27)29-9-3-11-40-13-15-42-16-14-41-12-4-10-30-23(35)17-43-18-26(38)44-33-24(36)7-8-25(33)37/h20-21,27H,1-19H2,(H,29,34)(H,30,35)(H2,31,32,39). The van der Waals surface area contributed by atoms with Gasteiger partial charge in [0.05, 0.1) is 38.5 Å². The Hall–Kier alpha value is -2.99. The highest BCUT2D eigenvalue weighted by Gasteiger charge is 2.42. The Morgan fingerprint density at radius 3 is 2.04 bits per heavy atom. The first kappa shape index (κ1) is 36.5. The SMILES string of the molecule is O=C(CCCCC1SCC2NC(=O)NC21)NCCCOCCOCCOCCCNC(=O)COCC(=O)ON1C(=O)CCC1=O. The maximum absolute atomic E-state index is 12.0. The van der Waals surface area contributed by atoms with Crippen LogP contribution in [-0.2, 0) is 47.8 Å². The molecular weight excluding hydrogens is 614 g/mol. The molecule has 0 aliphatic carbocycles. The molecule has 3 heterocycles. The third-order valence-corrected chi connectivity index (χ3v) is 8.56. The minimum absolute atomic E-state index is 0.00181. The first-order valence-corrected chi connectivity index (χ1v) is 16.5. The molecule has 0 saturated carbocycles. The topological polar surface area (TPSA) is 200 Å². The van der Waals surface area contributed by atoms with Gasteiger partial charge < -0.3 is 45.1 Å². The molecule has 0 aromatic carbocycles. The predicted octanol–water partition coefficient (Wildman–Crippen LogP) is -0.602. The second-order valence-electron chi connectivity index (χ2n) is 10.6. The van der Waals surface area contributed by atoms with Gasteiger partial charge in [0.15, 0.2) is 0 Å². The van der Waals surface area contributed by atoms with Gasteiger partial charge in [0, 0.05) is 56.6 Å². The minimum Gasteiger partial charge on any atom is -0.379 e. The van der Waals surface area contributed by atoms with Crippen LogP contribution in [-0.4, -0.2) is 130 Å². The molecule has 3 aliphatic heterocycles. The summed E-state index contributed by atoms with van der Waals surface area (Å²) in [5.41, 5.74) is 0. The third-order valence-electron chi connectivity index (χ3n) is 7.05. The van der Waals surface area contributed by atoms with Gasteiger partial charge in [-0.15, -0.1) is 5.06 Å². The Kier molecular flexibility index (Phi) is 17.0. The van der Waals surface area contributed by atoms with Crippen molar-refractivity contribution in [2.24, 2.45) is 0 Å². The largest absolute Gasteiger partial charge is 0.379 e. The highest BCUT2D eigenvalue weighted by atomic mass is 32.2. The monoisotopic (exact) mass is 659 g/mol. The van der Waals surface area contributed by atoms with E-state index in [1.165, 1.54) is 0 Å². The highest BCUT2D eigenvalue weighted by molar-refractivity contribution is 8.00. The van der Waals surface area contributed by atoms with Crippen LogP contribution in [0.25, 0.3) is 0 Å². The van der Waals surface area contributed by atoms with Crippen LogP contribution in [0.15, 0.2) is 0 Å². The molecule has 3 fully saturated rings. The predicted molar refractivity (Wildman–Crippen MR) is 160 cm³/mol. The molecule has 0 spiro atoms. The lowest BCUT2D eigenvalue weighted by Crippen LogP contribution is -2.36. The lowest BCUT2D eigenvalue weighted by molar-refractivity contribution is -0.200. The molecule has 45 heavy (non-hydrogen) atoms. The van der Waals surface area contributed by atoms with Crippen LogP contribution in [0.5, 0.6) is 0 Å². The van der Waals surface area contributed by atoms with E-state index < -0.39 is 30.3 Å². The Bertz CT molecular complexity index is 988. The molecule has 254 valence electrons. The molecule has 3 aliphatic rings. The van der Waals surface area contributed by atoms with Crippen molar-refractivity contribution in [3.63, 3.8) is 0 Å². The Morgan fingerprint density at radius 1 is 0.756 bits per heavy atom. The van der Waals surface area contributed by atoms with Gasteiger partial charge in [-0.05, 0) is 25.7 Å². The number of hydrogen-bond donors (Lipinski definition) is 4. The quantitative estimate of drug-likeness (QED) is 0.0584. The summed E-state index contributed by atoms with van der Waals surface area (Å²) in [5.74, 6) is -1.54. The maximum Gasteiger partial charge on any atom is 0.358 e. The van der Waals surface area contributed by atoms with Crippen LogP contribution in [0.4, 0.5) is 4.79 Å². The van der Waals surface area contributed by atoms with Crippen molar-refractivity contribution in [3.8, 4) is 0 Å². The Balaban J connectivity index is 0.993. The second kappa shape index (κ2) is 20.9. The highest BCUT2D eigenvalue weighted by Crippen LogP contribution is 2.33. The zero-order valence-corrected chi connectivity index (χ0v) is 26.3. The van der Waals surface area contributed by atoms with Crippen molar-refractivity contribution >= 4 is 47.4 Å². The van der Waals surface area contributed by atoms with Crippen LogP contribution >= 0.6 is 11.8 Å². The third kappa shape index (κ3) is 14.3. The Morgan fingerprint density at radius 2 is 1.38 bits per heavy atom. The summed E-state index contributed by atoms with van der Waals surface area (Å²) in [4.78, 5) is 74.2. The number of rotatable bonds is 24. The van der Waals surface area contributed by atoms with E-state index in [1.807, 2.05) is 11.8 Å². The van der Waals surface area contributed by atoms with Crippen molar-refractivity contribution in [1.82, 2.24) is 26.3 Å². The Labute approximate surface area is 266 Å². The molecule has 3 unspecified atom stereocenters. The van der Waals surface area contributed by atoms with Gasteiger partial charge in [-0.25, -0.2) is 9.59 Å². The smallest absolute Gasteiger partial charge is 0.358 e. The molecule has 3 saturated heterocycles. The van der Waals surface area contributed by atoms with Gasteiger partial charge in [0.2, 0.25) is 11.8 Å². The molecule has 4 N–H and O–H groups in total. The molecule has 0 aromatic heterocycles. The molecule has 16 nitrogen and oxygen atoms in total. The fourth-order valence-corrected chi connectivity index (χ4v) is 6.32. The number of hydroxylamine groups is 2. The molecule has 3 atom stereocenters. The van der Waals surface area contributed by atoms with Crippen LogP contribution in [0.2, 0.25) is 0 Å². The lowest BCUT2D eigenvalue weighted by atomic mass is 10.0. The van der Waals surface area contributed by atoms with Gasteiger partial charge in [-0.3, -0.25) is 19.2 Å². The first-order chi connectivity index (χ1) is 21.8. The molecule has 6 amide bonds. The molecule has 17 heteroatoms. The number of amides is 6. The van der Waals surface area contributed by atoms with Crippen LogP contribution in [0.1, 0.15) is 51.4 Å². The zero-order chi connectivity index (χ0) is 32.3. The number of unbranched alkanes of at least 4 members (excludes halogenated alkanes) is 1. The van der Waals surface area contributed by atoms with Crippen LogP contribution < -0.4 is 21.3 Å². The normalized spacial score (nSPS) is 20.6. The van der Waals surface area contributed by atoms with Crippen molar-refractivity contribution in [3.05, 3.63) is 0 Å². The number of hydrogen-bond acceptors (Lipinski definition) is 12. The van der Waals surface area contributed by atoms with Gasteiger partial charge in [0.25, 0.3) is 11.8 Å². The van der Waals surface area contributed by atoms with Crippen LogP contribution in [0.3, 0.4) is 0 Å². The van der Waals surface area contributed by atoms with Crippen molar-refractivity contribution < 1.29 is 52.6 Å². The molecule has 0 radical (unpaired) electrons. The number of carbonyl (C=O) groups is 6. The zero-order valence-electron chi connectivity index (χ0n) is 25.5. The number of carbonyl (C=O) groups excluding carboxylic acids is 6. The first-order valence-electron chi connectivity index (χ1n) is 15.4. The van der Waals surface area contributed by atoms with Crippen molar-refractivity contribution in [2.45, 2.75) is 68.7 Å². The summed E-state index contributed by atoms with van der Waals surface area (Å²) < 4.78 is 21.3. The maximum atomic E-state index is 12.0. The summed E-state index contributed by atoms with van der Waals surface area (Å²) in [6.07, 6.45) is 4.60. The van der Waals surface area contributed by atoms with Crippen molar-refractivity contribution in [1.29, 1.82) is 0 Å². The van der Waals surface area contributed by atoms with E-state index in [2.05, 4.69) is 26.1 Å². The summed E-state index contributed by atoms with van der Waals surface area (Å²) in [6, 6.07) is 0.375. The number of thioether (sulfide) groups is 1. The number of imide groups is 1. The fraction of sp³-hybridized carbons (Fsp3) is 0.786. The van der Waals surface area contributed by atoms with E-state index in [9.17, 15) is 28.8 Å². The van der Waals surface area contributed by atoms with E-state index in [1.54, 1.807) is 0 Å². The van der Waals surface area contributed by atoms with Gasteiger partial charge in [-0.1, -0.05) is 6.42 Å². The molecule has 0 aromatic rings. The van der Waals surface area contributed by atoms with E-state index in [4.69, 9.17) is 18.9 Å². The number of ether oxygens (including phenoxy) is 4. The van der Waals surface area contributed by atoms with E-state index in [0.717, 1.165) is 31.4 Å². The van der Waals surface area contributed by atoms with Gasteiger partial charge >= 0.3 is 12.0 Å². The van der Waals surface area contributed by atoms with Gasteiger partial charge in [-0.2, -0.15) is 11.8 Å². The average Bonchev–Trinajstić information content (AvgIpc) is 3.67. The average molecular weight is 660 g/mol. The summed E-state index contributed by atoms with van der Waals surface area (Å²) in [6.45, 7) is 2.65. The summed E-state index contributed by atoms with van der Waals surface area (Å²) in [7, 11) is 0. The van der Waals surface area contributed by atoms with Crippen molar-refractivity contribution in [2.75, 3.05) is 71.7 Å². The van der Waals surface area contributed by atoms with E-state index in [0.29, 0.717) is 75.9 Å². The molecule has 3 rings (SSSR count). The number of nitrogens with zero attached hydrogens (tertiary/aromatic N) is 1. The minimum atomic E-state index is -0.939. The van der Waals surface area contributed by atoms with E-state index >= 15 is 0 Å². The van der Waals surface area contributed by atoms with E-state index in [-0.39, 0.29) is 43.5 Å². The molecular formula is C28H45N5O11S. The van der Waals surface area contributed by atoms with Gasteiger partial charge in [0.1, 0.15) is 13.2 Å².